The van der Waals surface area contributed by atoms with Gasteiger partial charge < -0.3 is 5.11 Å². The maximum Gasteiger partial charge on any atom is 0.355 e. The Morgan fingerprint density at radius 3 is 2.38 bits per heavy atom. The van der Waals surface area contributed by atoms with Gasteiger partial charge in [0.2, 0.25) is 0 Å². The van der Waals surface area contributed by atoms with Crippen molar-refractivity contribution in [1.82, 2.24) is 10.2 Å². The van der Waals surface area contributed by atoms with Gasteiger partial charge in [0.15, 0.2) is 5.69 Å². The van der Waals surface area contributed by atoms with Crippen molar-refractivity contribution >= 4 is 37.8 Å². The SMILES string of the molecule is O=C(O)c1[nH]nc(-c2ccc(Br)cc2)c1Br. The summed E-state index contributed by atoms with van der Waals surface area (Å²) in [6.45, 7) is 0. The molecule has 0 amide bonds. The molecule has 0 saturated heterocycles. The average Bonchev–Trinajstić information content (AvgIpc) is 2.61. The molecule has 1 heterocycles. The van der Waals surface area contributed by atoms with Gasteiger partial charge in [0.05, 0.1) is 4.47 Å². The molecule has 2 rings (SSSR count). The number of aromatic carboxylic acids is 1. The van der Waals surface area contributed by atoms with Gasteiger partial charge >= 0.3 is 5.97 Å². The van der Waals surface area contributed by atoms with Crippen LogP contribution in [0.15, 0.2) is 33.2 Å². The highest BCUT2D eigenvalue weighted by atomic mass is 79.9. The third kappa shape index (κ3) is 2.03. The first-order valence-corrected chi connectivity index (χ1v) is 5.91. The average molecular weight is 346 g/mol. The van der Waals surface area contributed by atoms with E-state index in [4.69, 9.17) is 5.11 Å². The molecular weight excluding hydrogens is 340 g/mol. The Bertz CT molecular complexity index is 534. The van der Waals surface area contributed by atoms with Crippen LogP contribution in [0.3, 0.4) is 0 Å². The predicted molar refractivity (Wildman–Crippen MR) is 66.4 cm³/mol. The highest BCUT2D eigenvalue weighted by molar-refractivity contribution is 9.11. The maximum absolute atomic E-state index is 10.8. The van der Waals surface area contributed by atoms with Gasteiger partial charge in [-0.3, -0.25) is 5.10 Å². The number of carboxylic acid groups (broad SMARTS) is 1. The number of aromatic nitrogens is 2. The largest absolute Gasteiger partial charge is 0.476 e. The van der Waals surface area contributed by atoms with Crippen molar-refractivity contribution in [3.05, 3.63) is 38.9 Å². The molecule has 0 aliphatic carbocycles. The van der Waals surface area contributed by atoms with E-state index in [-0.39, 0.29) is 5.69 Å². The molecule has 2 N–H and O–H groups in total. The van der Waals surface area contributed by atoms with E-state index >= 15 is 0 Å². The van der Waals surface area contributed by atoms with Crippen molar-refractivity contribution < 1.29 is 9.90 Å². The number of aromatic amines is 1. The first-order valence-electron chi connectivity index (χ1n) is 4.32. The van der Waals surface area contributed by atoms with Crippen LogP contribution in [-0.2, 0) is 0 Å². The number of halogens is 2. The van der Waals surface area contributed by atoms with E-state index in [0.29, 0.717) is 10.2 Å². The number of hydrogen-bond donors (Lipinski definition) is 2. The molecule has 82 valence electrons. The summed E-state index contributed by atoms with van der Waals surface area (Å²) in [5.74, 6) is -1.04. The molecule has 0 aliphatic heterocycles. The van der Waals surface area contributed by atoms with Crippen LogP contribution in [0.2, 0.25) is 0 Å². The van der Waals surface area contributed by atoms with E-state index in [1.807, 2.05) is 24.3 Å². The summed E-state index contributed by atoms with van der Waals surface area (Å²) in [6, 6.07) is 7.46. The second-order valence-electron chi connectivity index (χ2n) is 3.07. The second kappa shape index (κ2) is 4.39. The molecule has 0 fully saturated rings. The van der Waals surface area contributed by atoms with Gasteiger partial charge in [0, 0.05) is 10.0 Å². The quantitative estimate of drug-likeness (QED) is 0.877. The standard InChI is InChI=1S/C10H6Br2N2O2/c11-6-3-1-5(2-4-6)8-7(12)9(10(15)16)14-13-8/h1-4H,(H,13,14)(H,15,16). The highest BCUT2D eigenvalue weighted by Gasteiger charge is 2.17. The number of carbonyl (C=O) groups is 1. The van der Waals surface area contributed by atoms with Crippen molar-refractivity contribution in [2.75, 3.05) is 0 Å². The monoisotopic (exact) mass is 344 g/mol. The lowest BCUT2D eigenvalue weighted by molar-refractivity contribution is 0.0689. The summed E-state index contributed by atoms with van der Waals surface area (Å²) in [5, 5.41) is 15.3. The van der Waals surface area contributed by atoms with Gasteiger partial charge in [-0.05, 0) is 28.1 Å². The molecule has 0 atom stereocenters. The van der Waals surface area contributed by atoms with Crippen molar-refractivity contribution in [2.24, 2.45) is 0 Å². The molecule has 0 radical (unpaired) electrons. The van der Waals surface area contributed by atoms with E-state index in [1.165, 1.54) is 0 Å². The molecule has 0 unspecified atom stereocenters. The molecule has 2 aromatic rings. The van der Waals surface area contributed by atoms with Gasteiger partial charge in [0.25, 0.3) is 0 Å². The Morgan fingerprint density at radius 2 is 1.88 bits per heavy atom. The fourth-order valence-electron chi connectivity index (χ4n) is 1.27. The number of H-pyrrole nitrogens is 1. The van der Waals surface area contributed by atoms with Crippen LogP contribution in [0.4, 0.5) is 0 Å². The minimum absolute atomic E-state index is 0.0536. The molecule has 0 bridgehead atoms. The second-order valence-corrected chi connectivity index (χ2v) is 4.78. The molecule has 0 spiro atoms. The first-order chi connectivity index (χ1) is 7.59. The minimum atomic E-state index is -1.04. The van der Waals surface area contributed by atoms with Gasteiger partial charge in [0.1, 0.15) is 5.69 Å². The van der Waals surface area contributed by atoms with Crippen LogP contribution in [0, 0.1) is 0 Å². The predicted octanol–water partition coefficient (Wildman–Crippen LogP) is 3.30. The zero-order chi connectivity index (χ0) is 11.7. The third-order valence-electron chi connectivity index (χ3n) is 2.04. The fourth-order valence-corrected chi connectivity index (χ4v) is 2.11. The van der Waals surface area contributed by atoms with Crippen molar-refractivity contribution in [1.29, 1.82) is 0 Å². The van der Waals surface area contributed by atoms with Crippen LogP contribution < -0.4 is 0 Å². The van der Waals surface area contributed by atoms with Crippen LogP contribution in [-0.4, -0.2) is 21.3 Å². The molecule has 0 saturated carbocycles. The Balaban J connectivity index is 2.49. The number of nitrogens with one attached hydrogen (secondary N) is 1. The molecule has 6 heteroatoms. The lowest BCUT2D eigenvalue weighted by atomic mass is 10.1. The first kappa shape index (κ1) is 11.3. The maximum atomic E-state index is 10.8. The molecule has 4 nitrogen and oxygen atoms in total. The molecular formula is C10H6Br2N2O2. The Kier molecular flexibility index (Phi) is 3.11. The third-order valence-corrected chi connectivity index (χ3v) is 3.34. The molecule has 16 heavy (non-hydrogen) atoms. The lowest BCUT2D eigenvalue weighted by Crippen LogP contribution is -1.96. The number of rotatable bonds is 2. The van der Waals surface area contributed by atoms with Crippen LogP contribution in [0.25, 0.3) is 11.3 Å². The Hall–Kier alpha value is -1.14. The summed E-state index contributed by atoms with van der Waals surface area (Å²) in [7, 11) is 0. The summed E-state index contributed by atoms with van der Waals surface area (Å²) in [5.41, 5.74) is 1.49. The van der Waals surface area contributed by atoms with Crippen molar-refractivity contribution in [3.8, 4) is 11.3 Å². The normalized spacial score (nSPS) is 10.4. The van der Waals surface area contributed by atoms with E-state index < -0.39 is 5.97 Å². The van der Waals surface area contributed by atoms with Crippen molar-refractivity contribution in [3.63, 3.8) is 0 Å². The zero-order valence-corrected chi connectivity index (χ0v) is 11.0. The van der Waals surface area contributed by atoms with E-state index in [1.54, 1.807) is 0 Å². The number of nitrogens with zero attached hydrogens (tertiary/aromatic N) is 1. The highest BCUT2D eigenvalue weighted by Crippen LogP contribution is 2.29. The van der Waals surface area contributed by atoms with E-state index in [2.05, 4.69) is 42.1 Å². The number of benzene rings is 1. The van der Waals surface area contributed by atoms with Crippen LogP contribution in [0.1, 0.15) is 10.5 Å². The molecule has 1 aromatic carbocycles. The lowest BCUT2D eigenvalue weighted by Gasteiger charge is -1.97. The molecule has 0 aliphatic rings. The summed E-state index contributed by atoms with van der Waals surface area (Å²) < 4.78 is 1.42. The topological polar surface area (TPSA) is 66.0 Å². The van der Waals surface area contributed by atoms with Crippen molar-refractivity contribution in [2.45, 2.75) is 0 Å². The van der Waals surface area contributed by atoms with Crippen LogP contribution >= 0.6 is 31.9 Å². The van der Waals surface area contributed by atoms with Gasteiger partial charge in [-0.1, -0.05) is 28.1 Å². The van der Waals surface area contributed by atoms with E-state index in [9.17, 15) is 4.79 Å². The van der Waals surface area contributed by atoms with E-state index in [0.717, 1.165) is 10.0 Å². The minimum Gasteiger partial charge on any atom is -0.476 e. The van der Waals surface area contributed by atoms with Gasteiger partial charge in [-0.25, -0.2) is 4.79 Å². The fraction of sp³-hybridized carbons (Fsp3) is 0. The Labute approximate surface area is 108 Å². The number of hydrogen-bond acceptors (Lipinski definition) is 2. The van der Waals surface area contributed by atoms with Gasteiger partial charge in [-0.2, -0.15) is 5.10 Å². The smallest absolute Gasteiger partial charge is 0.355 e. The summed E-state index contributed by atoms with van der Waals surface area (Å²) in [6.07, 6.45) is 0. The Morgan fingerprint density at radius 1 is 1.25 bits per heavy atom. The van der Waals surface area contributed by atoms with Crippen LogP contribution in [0.5, 0.6) is 0 Å². The zero-order valence-electron chi connectivity index (χ0n) is 7.87. The summed E-state index contributed by atoms with van der Waals surface area (Å²) in [4.78, 5) is 10.8. The summed E-state index contributed by atoms with van der Waals surface area (Å²) >= 11 is 6.55. The number of carboxylic acids is 1. The molecule has 1 aromatic heterocycles. The van der Waals surface area contributed by atoms with Gasteiger partial charge in [-0.15, -0.1) is 0 Å².